The number of benzene rings is 1. The van der Waals surface area contributed by atoms with Crippen molar-refractivity contribution in [2.24, 2.45) is 11.3 Å². The van der Waals surface area contributed by atoms with Crippen molar-refractivity contribution in [2.75, 3.05) is 18.1 Å². The van der Waals surface area contributed by atoms with E-state index in [1.807, 2.05) is 24.3 Å². The quantitative estimate of drug-likeness (QED) is 0.285. The molecule has 3 aromatic rings. The number of halogens is 1. The van der Waals surface area contributed by atoms with Gasteiger partial charge in [-0.3, -0.25) is 4.79 Å². The van der Waals surface area contributed by atoms with E-state index < -0.39 is 23.7 Å². The summed E-state index contributed by atoms with van der Waals surface area (Å²) in [6, 6.07) is 6.89. The summed E-state index contributed by atoms with van der Waals surface area (Å²) in [5, 5.41) is 27.2. The van der Waals surface area contributed by atoms with Crippen LogP contribution in [0.3, 0.4) is 0 Å². The molecule has 1 amide bonds. The number of fused-ring (bicyclic) bond motifs is 2. The number of anilines is 2. The number of hydrogen-bond acceptors (Lipinski definition) is 8. The molecule has 2 saturated carbocycles. The zero-order chi connectivity index (χ0) is 21.9. The molecular formula is C20H22ClN7O3. The second-order valence-electron chi connectivity index (χ2n) is 8.12. The van der Waals surface area contributed by atoms with E-state index in [0.717, 1.165) is 5.56 Å². The monoisotopic (exact) mass is 443 g/mol. The summed E-state index contributed by atoms with van der Waals surface area (Å²) in [5.41, 5.74) is 7.34. The SMILES string of the molecule is CNC(=O)[C@@]12C[C@@H]1[C@@H](n1cnc3c(NCc4ccc(N)cc4)nc(Cl)nc31)[C@H](O)[C@@H]2O. The van der Waals surface area contributed by atoms with Gasteiger partial charge < -0.3 is 31.1 Å². The Labute approximate surface area is 182 Å². The van der Waals surface area contributed by atoms with Crippen molar-refractivity contribution in [3.63, 3.8) is 0 Å². The van der Waals surface area contributed by atoms with E-state index in [1.54, 1.807) is 10.9 Å². The molecular weight excluding hydrogens is 422 g/mol. The Kier molecular flexibility index (Phi) is 4.54. The largest absolute Gasteiger partial charge is 0.399 e. The van der Waals surface area contributed by atoms with E-state index >= 15 is 0 Å². The van der Waals surface area contributed by atoms with E-state index in [0.29, 0.717) is 35.6 Å². The maximum Gasteiger partial charge on any atom is 0.229 e. The molecule has 0 unspecified atom stereocenters. The molecule has 0 saturated heterocycles. The molecule has 2 aromatic heterocycles. The summed E-state index contributed by atoms with van der Waals surface area (Å²) in [6.07, 6.45) is -0.270. The lowest BCUT2D eigenvalue weighted by Gasteiger charge is -2.23. The third-order valence-electron chi connectivity index (χ3n) is 6.48. The maximum atomic E-state index is 12.4. The molecule has 6 N–H and O–H groups in total. The predicted octanol–water partition coefficient (Wildman–Crippen LogP) is 0.703. The Morgan fingerprint density at radius 1 is 1.32 bits per heavy atom. The molecule has 5 atom stereocenters. The van der Waals surface area contributed by atoms with Crippen molar-refractivity contribution in [3.05, 3.63) is 41.4 Å². The van der Waals surface area contributed by atoms with Gasteiger partial charge >= 0.3 is 0 Å². The van der Waals surface area contributed by atoms with Crippen LogP contribution < -0.4 is 16.4 Å². The highest BCUT2D eigenvalue weighted by atomic mass is 35.5. The van der Waals surface area contributed by atoms with Crippen molar-refractivity contribution in [1.29, 1.82) is 0 Å². The molecule has 162 valence electrons. The fourth-order valence-electron chi connectivity index (χ4n) is 4.84. The number of carbonyl (C=O) groups is 1. The minimum Gasteiger partial charge on any atom is -0.399 e. The number of hydrogen-bond donors (Lipinski definition) is 5. The summed E-state index contributed by atoms with van der Waals surface area (Å²) in [5.74, 6) is -0.0452. The minimum atomic E-state index is -1.17. The first kappa shape index (κ1) is 20.0. The van der Waals surface area contributed by atoms with Crippen LogP contribution in [0.1, 0.15) is 18.0 Å². The van der Waals surface area contributed by atoms with Crippen molar-refractivity contribution in [1.82, 2.24) is 24.8 Å². The van der Waals surface area contributed by atoms with Gasteiger partial charge in [-0.05, 0) is 35.7 Å². The van der Waals surface area contributed by atoms with Gasteiger partial charge in [-0.15, -0.1) is 0 Å². The Balaban J connectivity index is 1.48. The summed E-state index contributed by atoms with van der Waals surface area (Å²) < 4.78 is 1.69. The molecule has 31 heavy (non-hydrogen) atoms. The van der Waals surface area contributed by atoms with Crippen LogP contribution in [-0.4, -0.2) is 54.9 Å². The number of carbonyl (C=O) groups excluding carboxylic acids is 1. The third kappa shape index (κ3) is 2.93. The Hall–Kier alpha value is -2.95. The van der Waals surface area contributed by atoms with E-state index in [1.165, 1.54) is 7.05 Å². The summed E-state index contributed by atoms with van der Waals surface area (Å²) in [4.78, 5) is 25.4. The molecule has 0 radical (unpaired) electrons. The van der Waals surface area contributed by atoms with Crippen LogP contribution in [0.4, 0.5) is 11.5 Å². The topological polar surface area (TPSA) is 151 Å². The number of nitrogens with zero attached hydrogens (tertiary/aromatic N) is 4. The van der Waals surface area contributed by atoms with Crippen LogP contribution in [-0.2, 0) is 11.3 Å². The summed E-state index contributed by atoms with van der Waals surface area (Å²) >= 11 is 6.18. The molecule has 11 heteroatoms. The summed E-state index contributed by atoms with van der Waals surface area (Å²) in [7, 11) is 1.53. The van der Waals surface area contributed by atoms with E-state index in [4.69, 9.17) is 17.3 Å². The second kappa shape index (κ2) is 7.04. The lowest BCUT2D eigenvalue weighted by atomic mass is 9.98. The number of aliphatic hydroxyl groups excluding tert-OH is 2. The number of aliphatic hydroxyl groups is 2. The minimum absolute atomic E-state index is 0.0236. The fraction of sp³-hybridized carbons (Fsp3) is 0.400. The Bertz CT molecular complexity index is 1170. The number of amides is 1. The third-order valence-corrected chi connectivity index (χ3v) is 6.65. The average molecular weight is 444 g/mol. The molecule has 10 nitrogen and oxygen atoms in total. The van der Waals surface area contributed by atoms with Gasteiger partial charge in [-0.2, -0.15) is 9.97 Å². The molecule has 2 heterocycles. The van der Waals surface area contributed by atoms with Crippen LogP contribution in [0.25, 0.3) is 11.2 Å². The molecule has 0 bridgehead atoms. The molecule has 5 rings (SSSR count). The number of nitrogen functional groups attached to an aromatic ring is 1. The molecule has 2 aliphatic rings. The molecule has 2 fully saturated rings. The predicted molar refractivity (Wildman–Crippen MR) is 114 cm³/mol. The highest BCUT2D eigenvalue weighted by molar-refractivity contribution is 6.28. The highest BCUT2D eigenvalue weighted by Crippen LogP contribution is 2.67. The number of imidazole rings is 1. The first-order valence-corrected chi connectivity index (χ1v) is 10.3. The summed E-state index contributed by atoms with van der Waals surface area (Å²) in [6.45, 7) is 0.475. The highest BCUT2D eigenvalue weighted by Gasteiger charge is 2.75. The molecule has 2 aliphatic carbocycles. The van der Waals surface area contributed by atoms with Crippen LogP contribution >= 0.6 is 11.6 Å². The maximum absolute atomic E-state index is 12.4. The van der Waals surface area contributed by atoms with Crippen molar-refractivity contribution in [2.45, 2.75) is 31.2 Å². The van der Waals surface area contributed by atoms with Crippen LogP contribution in [0.5, 0.6) is 0 Å². The average Bonchev–Trinajstić information content (AvgIpc) is 3.30. The fourth-order valence-corrected chi connectivity index (χ4v) is 5.00. The van der Waals surface area contributed by atoms with Gasteiger partial charge in [0.05, 0.1) is 23.9 Å². The van der Waals surface area contributed by atoms with E-state index in [-0.39, 0.29) is 17.1 Å². The smallest absolute Gasteiger partial charge is 0.229 e. The Morgan fingerprint density at radius 3 is 2.77 bits per heavy atom. The second-order valence-corrected chi connectivity index (χ2v) is 8.45. The van der Waals surface area contributed by atoms with Crippen LogP contribution in [0, 0.1) is 11.3 Å². The van der Waals surface area contributed by atoms with Crippen LogP contribution in [0.2, 0.25) is 5.28 Å². The molecule has 1 aromatic carbocycles. The van der Waals surface area contributed by atoms with Gasteiger partial charge in [0.2, 0.25) is 11.2 Å². The standard InChI is InChI=1S/C20H22ClN7O3/c1-23-18(31)20-6-11(20)13(14(29)15(20)30)28-8-25-12-16(26-19(21)27-17(12)28)24-7-9-2-4-10(22)5-3-9/h2-5,8,11,13-15,29-30H,6-7,22H2,1H3,(H,23,31)(H,24,26,27)/t11-,13-,14+,15+,20+/m1/s1. The lowest BCUT2D eigenvalue weighted by molar-refractivity contribution is -0.132. The normalized spacial score (nSPS) is 29.0. The van der Waals surface area contributed by atoms with Crippen LogP contribution in [0.15, 0.2) is 30.6 Å². The zero-order valence-electron chi connectivity index (χ0n) is 16.7. The van der Waals surface area contributed by atoms with E-state index in [2.05, 4.69) is 25.6 Å². The van der Waals surface area contributed by atoms with Crippen molar-refractivity contribution < 1.29 is 15.0 Å². The zero-order valence-corrected chi connectivity index (χ0v) is 17.4. The lowest BCUT2D eigenvalue weighted by Crippen LogP contribution is -2.41. The number of rotatable bonds is 5. The molecule has 0 aliphatic heterocycles. The van der Waals surface area contributed by atoms with Gasteiger partial charge in [0.25, 0.3) is 0 Å². The number of aromatic nitrogens is 4. The van der Waals surface area contributed by atoms with Gasteiger partial charge in [0, 0.05) is 25.2 Å². The van der Waals surface area contributed by atoms with Crippen molar-refractivity contribution in [3.8, 4) is 0 Å². The van der Waals surface area contributed by atoms with Gasteiger partial charge in [0.15, 0.2) is 17.0 Å². The number of nitrogens with one attached hydrogen (secondary N) is 2. The van der Waals surface area contributed by atoms with Crippen molar-refractivity contribution >= 4 is 40.2 Å². The van der Waals surface area contributed by atoms with E-state index in [9.17, 15) is 15.0 Å². The van der Waals surface area contributed by atoms with Gasteiger partial charge in [0.1, 0.15) is 6.10 Å². The van der Waals surface area contributed by atoms with Gasteiger partial charge in [-0.1, -0.05) is 12.1 Å². The number of nitrogens with two attached hydrogens (primary N) is 1. The Morgan fingerprint density at radius 2 is 2.06 bits per heavy atom. The molecule has 0 spiro atoms. The first-order chi connectivity index (χ1) is 14.9. The first-order valence-electron chi connectivity index (χ1n) is 9.93. The van der Waals surface area contributed by atoms with Gasteiger partial charge in [-0.25, -0.2) is 4.98 Å².